The van der Waals surface area contributed by atoms with Crippen molar-refractivity contribution < 1.29 is 8.83 Å². The fourth-order valence-electron chi connectivity index (χ4n) is 11.6. The molecule has 2 aromatic heterocycles. The van der Waals surface area contributed by atoms with E-state index < -0.39 is 0 Å². The molecule has 0 bridgehead atoms. The van der Waals surface area contributed by atoms with Crippen molar-refractivity contribution in [3.63, 3.8) is 0 Å². The number of hydrogen-bond donors (Lipinski definition) is 0. The Hall–Kier alpha value is -9.26. The summed E-state index contributed by atoms with van der Waals surface area (Å²) in [6.07, 6.45) is 0. The summed E-state index contributed by atoms with van der Waals surface area (Å²) in [4.78, 5) is 14.4. The van der Waals surface area contributed by atoms with E-state index in [2.05, 4.69) is 219 Å². The minimum absolute atomic E-state index is 0.244. The van der Waals surface area contributed by atoms with Crippen LogP contribution >= 0.6 is 0 Å². The highest BCUT2D eigenvalue weighted by atomic mass is 16.4. The van der Waals surface area contributed by atoms with Crippen LogP contribution in [0.25, 0.3) is 78.5 Å². The van der Waals surface area contributed by atoms with E-state index in [1.165, 1.54) is 45.0 Å². The van der Waals surface area contributed by atoms with Crippen molar-refractivity contribution in [2.24, 2.45) is 0 Å². The lowest BCUT2D eigenvalue weighted by Gasteiger charge is -2.42. The zero-order valence-electron chi connectivity index (χ0n) is 41.5. The summed E-state index contributed by atoms with van der Waals surface area (Å²) in [6.45, 7) is 9.37. The highest BCUT2D eigenvalue weighted by Crippen LogP contribution is 2.55. The van der Waals surface area contributed by atoms with Crippen molar-refractivity contribution >= 4 is 56.3 Å². The average Bonchev–Trinajstić information content (AvgIpc) is 4.10. The fourth-order valence-corrected chi connectivity index (χ4v) is 11.6. The van der Waals surface area contributed by atoms with Gasteiger partial charge in [-0.3, -0.25) is 0 Å². The molecule has 6 heteroatoms. The van der Waals surface area contributed by atoms with Crippen LogP contribution < -0.4 is 9.80 Å². The Bertz CT molecular complexity index is 3820. The van der Waals surface area contributed by atoms with Gasteiger partial charge in [0.2, 0.25) is 11.8 Å². The van der Waals surface area contributed by atoms with E-state index >= 15 is 0 Å². The molecule has 6 nitrogen and oxygen atoms in total. The minimum Gasteiger partial charge on any atom is -0.436 e. The van der Waals surface area contributed by atoms with Crippen LogP contribution in [-0.2, 0) is 10.8 Å². The lowest BCUT2D eigenvalue weighted by molar-refractivity contribution is 0.619. The van der Waals surface area contributed by atoms with Gasteiger partial charge >= 0.3 is 0 Å². The highest BCUT2D eigenvalue weighted by Gasteiger charge is 2.39. The number of oxazole rings is 2. The number of rotatable bonds is 7. The van der Waals surface area contributed by atoms with Gasteiger partial charge in [-0.1, -0.05) is 149 Å². The van der Waals surface area contributed by atoms with Gasteiger partial charge in [0, 0.05) is 33.3 Å². The minimum atomic E-state index is -0.244. The van der Waals surface area contributed by atoms with Gasteiger partial charge in [-0.05, 0) is 165 Å². The van der Waals surface area contributed by atoms with Crippen molar-refractivity contribution in [3.05, 3.63) is 253 Å². The van der Waals surface area contributed by atoms with E-state index in [1.54, 1.807) is 0 Å². The molecule has 0 spiro atoms. The molecule has 14 rings (SSSR count). The van der Waals surface area contributed by atoms with Crippen molar-refractivity contribution in [3.8, 4) is 56.3 Å². The largest absolute Gasteiger partial charge is 0.436 e. The van der Waals surface area contributed by atoms with Gasteiger partial charge in [0.15, 0.2) is 11.2 Å². The number of aromatic nitrogens is 2. The van der Waals surface area contributed by atoms with Crippen molar-refractivity contribution in [2.45, 2.75) is 38.5 Å². The summed E-state index contributed by atoms with van der Waals surface area (Å²) in [7, 11) is 0. The molecule has 12 aromatic rings. The summed E-state index contributed by atoms with van der Waals surface area (Å²) < 4.78 is 12.4. The van der Waals surface area contributed by atoms with Gasteiger partial charge < -0.3 is 18.6 Å². The molecule has 10 aromatic carbocycles. The summed E-state index contributed by atoms with van der Waals surface area (Å²) in [5.74, 6) is 1.25. The van der Waals surface area contributed by atoms with Gasteiger partial charge in [0.25, 0.3) is 0 Å². The molecule has 0 amide bonds. The number of anilines is 6. The van der Waals surface area contributed by atoms with Crippen LogP contribution in [0, 0.1) is 0 Å². The maximum atomic E-state index is 6.18. The van der Waals surface area contributed by atoms with Gasteiger partial charge in [0.1, 0.15) is 11.0 Å². The quantitative estimate of drug-likeness (QED) is 0.159. The molecule has 4 heterocycles. The molecule has 0 atom stereocenters. The molecule has 0 saturated carbocycles. The summed E-state index contributed by atoms with van der Waals surface area (Å²) in [5, 5.41) is 0. The van der Waals surface area contributed by atoms with Crippen LogP contribution in [0.5, 0.6) is 0 Å². The number of fused-ring (bicyclic) bond motifs is 6. The second-order valence-corrected chi connectivity index (χ2v) is 20.6. The van der Waals surface area contributed by atoms with E-state index in [-0.39, 0.29) is 10.8 Å². The summed E-state index contributed by atoms with van der Waals surface area (Å²) >= 11 is 0. The maximum Gasteiger partial charge on any atom is 0.227 e. The number of benzene rings is 10. The van der Waals surface area contributed by atoms with Crippen LogP contribution in [-0.4, -0.2) is 9.97 Å². The van der Waals surface area contributed by atoms with Crippen LogP contribution in [0.2, 0.25) is 0 Å². The predicted octanol–water partition coefficient (Wildman–Crippen LogP) is 18.5. The number of nitrogens with zero attached hydrogens (tertiary/aromatic N) is 4. The SMILES string of the molecule is CC1(C)c2ccccc2N(c2ccc(-c3ccc(N4c5ccccc5C(C)(C)c5cc(-c6cccc(-c7nc8ccccc8o7)c6)ccc54)cc3)cc2)c2ccc(-c3cccc(-c4nc5ccccc5o4)c3)cc21. The van der Waals surface area contributed by atoms with E-state index in [0.717, 1.165) is 78.1 Å². The molecule has 74 heavy (non-hydrogen) atoms. The smallest absolute Gasteiger partial charge is 0.227 e. The Morgan fingerprint density at radius 1 is 0.297 bits per heavy atom. The van der Waals surface area contributed by atoms with E-state index in [4.69, 9.17) is 18.8 Å². The average molecular weight is 955 g/mol. The molecule has 0 saturated heterocycles. The molecule has 0 aliphatic carbocycles. The van der Waals surface area contributed by atoms with Gasteiger partial charge in [-0.2, -0.15) is 0 Å². The third kappa shape index (κ3) is 7.01. The van der Waals surface area contributed by atoms with E-state index in [1.807, 2.05) is 48.5 Å². The lowest BCUT2D eigenvalue weighted by atomic mass is 9.73. The monoisotopic (exact) mass is 954 g/mol. The predicted molar refractivity (Wildman–Crippen MR) is 302 cm³/mol. The summed E-state index contributed by atoms with van der Waals surface area (Å²) in [6, 6.07) is 82.4. The Morgan fingerprint density at radius 3 is 1.08 bits per heavy atom. The molecular weight excluding hydrogens is 905 g/mol. The van der Waals surface area contributed by atoms with Gasteiger partial charge in [-0.15, -0.1) is 0 Å². The Labute approximate surface area is 430 Å². The molecule has 0 fully saturated rings. The van der Waals surface area contributed by atoms with Crippen LogP contribution in [0.4, 0.5) is 34.1 Å². The van der Waals surface area contributed by atoms with Crippen LogP contribution in [0.15, 0.2) is 239 Å². The highest BCUT2D eigenvalue weighted by molar-refractivity contribution is 5.91. The Kier molecular flexibility index (Phi) is 9.80. The molecule has 0 unspecified atom stereocenters. The third-order valence-corrected chi connectivity index (χ3v) is 15.5. The maximum absolute atomic E-state index is 6.18. The molecule has 0 radical (unpaired) electrons. The number of para-hydroxylation sites is 6. The number of hydrogen-bond acceptors (Lipinski definition) is 6. The Morgan fingerprint density at radius 2 is 0.649 bits per heavy atom. The second kappa shape index (κ2) is 16.7. The van der Waals surface area contributed by atoms with E-state index in [9.17, 15) is 0 Å². The fraction of sp³-hybridized carbons (Fsp3) is 0.0882. The normalized spacial score (nSPS) is 14.1. The first-order chi connectivity index (χ1) is 36.2. The molecule has 0 N–H and O–H groups in total. The first kappa shape index (κ1) is 43.5. The zero-order chi connectivity index (χ0) is 49.7. The van der Waals surface area contributed by atoms with Crippen LogP contribution in [0.1, 0.15) is 49.9 Å². The van der Waals surface area contributed by atoms with Crippen LogP contribution in [0.3, 0.4) is 0 Å². The second-order valence-electron chi connectivity index (χ2n) is 20.6. The first-order valence-corrected chi connectivity index (χ1v) is 25.4. The topological polar surface area (TPSA) is 58.5 Å². The lowest BCUT2D eigenvalue weighted by Crippen LogP contribution is -2.30. The van der Waals surface area contributed by atoms with Crippen molar-refractivity contribution in [2.75, 3.05) is 9.80 Å². The molecular formula is C68H50N4O2. The van der Waals surface area contributed by atoms with Gasteiger partial charge in [-0.25, -0.2) is 9.97 Å². The van der Waals surface area contributed by atoms with Crippen molar-refractivity contribution in [1.29, 1.82) is 0 Å². The van der Waals surface area contributed by atoms with Crippen molar-refractivity contribution in [1.82, 2.24) is 9.97 Å². The molecule has 354 valence electrons. The Balaban J connectivity index is 0.776. The standard InChI is InChI=1S/C68H50N4O2/c1-67(2)53-19-5-9-23-59(53)71(61-37-31-47(41-55(61)67)45-15-13-17-49(39-45)65-69-57-21-7-11-25-63(57)73-65)51-33-27-43(28-34-51)44-29-35-52(36-30-44)72-60-24-10-6-20-54(60)68(3,4)56-42-48(32-38-62(56)72)46-16-14-18-50(40-46)66-70-58-22-8-12-26-64(58)74-66/h5-42H,1-4H3. The molecule has 2 aliphatic heterocycles. The zero-order valence-corrected chi connectivity index (χ0v) is 41.5. The van der Waals surface area contributed by atoms with E-state index in [0.29, 0.717) is 11.8 Å². The van der Waals surface area contributed by atoms with Gasteiger partial charge in [0.05, 0.1) is 22.7 Å². The summed E-state index contributed by atoms with van der Waals surface area (Å²) in [5.41, 5.74) is 23.6. The third-order valence-electron chi connectivity index (χ3n) is 15.5. The first-order valence-electron chi connectivity index (χ1n) is 25.4. The molecule has 2 aliphatic rings.